The number of ketones is 1. The van der Waals surface area contributed by atoms with Crippen molar-refractivity contribution in [1.82, 2.24) is 4.98 Å². The number of fused-ring (bicyclic) bond motifs is 1. The molecule has 0 aliphatic rings. The third-order valence-electron chi connectivity index (χ3n) is 3.88. The number of pyridine rings is 1. The number of ether oxygens (including phenoxy) is 1. The molecule has 1 aromatic heterocycles. The molecule has 0 bridgehead atoms. The van der Waals surface area contributed by atoms with Gasteiger partial charge in [0.05, 0.1) is 11.2 Å². The lowest BCUT2D eigenvalue weighted by Gasteiger charge is -2.11. The summed E-state index contributed by atoms with van der Waals surface area (Å²) in [5, 5.41) is 0.975. The second kappa shape index (κ2) is 7.86. The molecule has 0 saturated heterocycles. The van der Waals surface area contributed by atoms with E-state index in [1.807, 2.05) is 30.3 Å². The predicted molar refractivity (Wildman–Crippen MR) is 97.0 cm³/mol. The molecular formula is C21H15F2NO3. The standard InChI is InChI=1S/C21H15F2NO3/c1-13(21(26)15-7-10-17(22)18(23)12-15)27-20(25)11-9-16-8-6-14-4-2-3-5-19(14)24-16/h2-13H,1H3/b11-9-/t13-/m1/s1. The van der Waals surface area contributed by atoms with Crippen molar-refractivity contribution in [1.29, 1.82) is 0 Å². The summed E-state index contributed by atoms with van der Waals surface area (Å²) in [6, 6.07) is 13.9. The van der Waals surface area contributed by atoms with Gasteiger partial charge in [-0.1, -0.05) is 24.3 Å². The van der Waals surface area contributed by atoms with Crippen LogP contribution in [-0.4, -0.2) is 22.8 Å². The Morgan fingerprint density at radius 1 is 1.04 bits per heavy atom. The van der Waals surface area contributed by atoms with E-state index >= 15 is 0 Å². The number of Topliss-reactive ketones (excluding diaryl/α,β-unsaturated/α-hetero) is 1. The van der Waals surface area contributed by atoms with Crippen LogP contribution >= 0.6 is 0 Å². The Morgan fingerprint density at radius 3 is 2.59 bits per heavy atom. The van der Waals surface area contributed by atoms with E-state index in [4.69, 9.17) is 4.74 Å². The Kier molecular flexibility index (Phi) is 5.35. The van der Waals surface area contributed by atoms with Gasteiger partial charge in [-0.25, -0.2) is 18.6 Å². The molecule has 0 fully saturated rings. The molecule has 2 aromatic carbocycles. The Labute approximate surface area is 154 Å². The smallest absolute Gasteiger partial charge is 0.331 e. The molecule has 0 radical (unpaired) electrons. The zero-order chi connectivity index (χ0) is 19.4. The first-order valence-corrected chi connectivity index (χ1v) is 8.18. The molecule has 4 nitrogen and oxygen atoms in total. The number of hydrogen-bond acceptors (Lipinski definition) is 4. The van der Waals surface area contributed by atoms with Gasteiger partial charge in [-0.05, 0) is 43.3 Å². The summed E-state index contributed by atoms with van der Waals surface area (Å²) in [5.74, 6) is -3.56. The molecule has 0 spiro atoms. The van der Waals surface area contributed by atoms with Crippen molar-refractivity contribution < 1.29 is 23.1 Å². The second-order valence-electron chi connectivity index (χ2n) is 5.83. The maximum atomic E-state index is 13.2. The van der Waals surface area contributed by atoms with Gasteiger partial charge in [-0.15, -0.1) is 0 Å². The average molecular weight is 367 g/mol. The van der Waals surface area contributed by atoms with Gasteiger partial charge in [-0.2, -0.15) is 0 Å². The van der Waals surface area contributed by atoms with Gasteiger partial charge in [-0.3, -0.25) is 4.79 Å². The van der Waals surface area contributed by atoms with Crippen molar-refractivity contribution >= 4 is 28.7 Å². The Bertz CT molecular complexity index is 1050. The molecule has 0 aliphatic heterocycles. The fourth-order valence-electron chi connectivity index (χ4n) is 2.48. The summed E-state index contributed by atoms with van der Waals surface area (Å²) < 4.78 is 31.2. The monoisotopic (exact) mass is 367 g/mol. The molecule has 3 rings (SSSR count). The molecule has 1 atom stereocenters. The maximum Gasteiger partial charge on any atom is 0.331 e. The fraction of sp³-hybridized carbons (Fsp3) is 0.0952. The van der Waals surface area contributed by atoms with E-state index in [0.717, 1.165) is 35.2 Å². The zero-order valence-electron chi connectivity index (χ0n) is 14.4. The fourth-order valence-corrected chi connectivity index (χ4v) is 2.48. The highest BCUT2D eigenvalue weighted by Crippen LogP contribution is 2.14. The summed E-state index contributed by atoms with van der Waals surface area (Å²) in [6.07, 6.45) is 1.49. The number of rotatable bonds is 5. The van der Waals surface area contributed by atoms with Gasteiger partial charge < -0.3 is 4.74 Å². The summed E-state index contributed by atoms with van der Waals surface area (Å²) in [4.78, 5) is 28.5. The second-order valence-corrected chi connectivity index (χ2v) is 5.83. The van der Waals surface area contributed by atoms with E-state index in [0.29, 0.717) is 5.69 Å². The SMILES string of the molecule is C[C@@H](OC(=O)/C=C\c1ccc2ccccc2n1)C(=O)c1ccc(F)c(F)c1. The van der Waals surface area contributed by atoms with Gasteiger partial charge in [0.15, 0.2) is 17.7 Å². The number of hydrogen-bond donors (Lipinski definition) is 0. The molecule has 6 heteroatoms. The molecule has 0 unspecified atom stereocenters. The average Bonchev–Trinajstić information content (AvgIpc) is 2.67. The minimum Gasteiger partial charge on any atom is -0.451 e. The third-order valence-corrected chi connectivity index (χ3v) is 3.88. The number of halogens is 2. The van der Waals surface area contributed by atoms with Crippen LogP contribution in [0.2, 0.25) is 0 Å². The van der Waals surface area contributed by atoms with E-state index in [1.165, 1.54) is 13.0 Å². The number of carbonyl (C=O) groups is 2. The van der Waals surface area contributed by atoms with Crippen LogP contribution in [0.1, 0.15) is 23.0 Å². The first-order chi connectivity index (χ1) is 12.9. The molecule has 0 N–H and O–H groups in total. The lowest BCUT2D eigenvalue weighted by molar-refractivity contribution is -0.140. The van der Waals surface area contributed by atoms with E-state index in [1.54, 1.807) is 6.07 Å². The molecule has 3 aromatic rings. The van der Waals surface area contributed by atoms with Crippen LogP contribution in [-0.2, 0) is 9.53 Å². The van der Waals surface area contributed by atoms with Gasteiger partial charge >= 0.3 is 5.97 Å². The molecule has 136 valence electrons. The minimum absolute atomic E-state index is 0.0747. The molecule has 27 heavy (non-hydrogen) atoms. The lowest BCUT2D eigenvalue weighted by Crippen LogP contribution is -2.23. The highest BCUT2D eigenvalue weighted by Gasteiger charge is 2.19. The van der Waals surface area contributed by atoms with Crippen LogP contribution in [0.25, 0.3) is 17.0 Å². The third kappa shape index (κ3) is 4.41. The Morgan fingerprint density at radius 2 is 1.81 bits per heavy atom. The van der Waals surface area contributed by atoms with Gasteiger partial charge in [0.1, 0.15) is 0 Å². The van der Waals surface area contributed by atoms with E-state index < -0.39 is 29.5 Å². The van der Waals surface area contributed by atoms with Crippen molar-refractivity contribution in [2.45, 2.75) is 13.0 Å². The normalized spacial score (nSPS) is 12.3. The van der Waals surface area contributed by atoms with Gasteiger partial charge in [0.2, 0.25) is 5.78 Å². The topological polar surface area (TPSA) is 56.3 Å². The zero-order valence-corrected chi connectivity index (χ0v) is 14.4. The highest BCUT2D eigenvalue weighted by atomic mass is 19.2. The van der Waals surface area contributed by atoms with Crippen LogP contribution in [0.15, 0.2) is 60.7 Å². The Hall–Kier alpha value is -3.41. The number of aromatic nitrogens is 1. The molecule has 1 heterocycles. The van der Waals surface area contributed by atoms with E-state index in [-0.39, 0.29) is 5.56 Å². The van der Waals surface area contributed by atoms with Crippen LogP contribution in [0.3, 0.4) is 0 Å². The molecule has 0 aliphatic carbocycles. The number of benzene rings is 2. The number of para-hydroxylation sites is 1. The molecular weight excluding hydrogens is 352 g/mol. The van der Waals surface area contributed by atoms with Crippen molar-refractivity contribution in [3.63, 3.8) is 0 Å². The maximum absolute atomic E-state index is 13.2. The number of esters is 1. The molecule has 0 amide bonds. The largest absolute Gasteiger partial charge is 0.451 e. The number of carbonyl (C=O) groups excluding carboxylic acids is 2. The summed E-state index contributed by atoms with van der Waals surface area (Å²) >= 11 is 0. The lowest BCUT2D eigenvalue weighted by atomic mass is 10.1. The van der Waals surface area contributed by atoms with Crippen molar-refractivity contribution in [3.05, 3.63) is 83.6 Å². The van der Waals surface area contributed by atoms with Crippen LogP contribution in [0.4, 0.5) is 8.78 Å². The van der Waals surface area contributed by atoms with Crippen molar-refractivity contribution in [2.75, 3.05) is 0 Å². The van der Waals surface area contributed by atoms with E-state index in [9.17, 15) is 18.4 Å². The summed E-state index contributed by atoms with van der Waals surface area (Å²) in [6.45, 7) is 1.36. The summed E-state index contributed by atoms with van der Waals surface area (Å²) in [7, 11) is 0. The predicted octanol–water partition coefficient (Wildman–Crippen LogP) is 4.34. The quantitative estimate of drug-likeness (QED) is 0.382. The van der Waals surface area contributed by atoms with Crippen molar-refractivity contribution in [2.24, 2.45) is 0 Å². The van der Waals surface area contributed by atoms with Crippen LogP contribution in [0, 0.1) is 11.6 Å². The van der Waals surface area contributed by atoms with Crippen LogP contribution < -0.4 is 0 Å². The Balaban J connectivity index is 1.65. The van der Waals surface area contributed by atoms with Gasteiger partial charge in [0, 0.05) is 17.0 Å². The molecule has 0 saturated carbocycles. The number of nitrogens with zero attached hydrogens (tertiary/aromatic N) is 1. The first-order valence-electron chi connectivity index (χ1n) is 8.18. The van der Waals surface area contributed by atoms with Crippen LogP contribution in [0.5, 0.6) is 0 Å². The van der Waals surface area contributed by atoms with Crippen molar-refractivity contribution in [3.8, 4) is 0 Å². The minimum atomic E-state index is -1.14. The summed E-state index contributed by atoms with van der Waals surface area (Å²) in [5.41, 5.74) is 1.27. The highest BCUT2D eigenvalue weighted by molar-refractivity contribution is 6.01. The first kappa shape index (κ1) is 18.4. The van der Waals surface area contributed by atoms with Gasteiger partial charge in [0.25, 0.3) is 0 Å². The van der Waals surface area contributed by atoms with E-state index in [2.05, 4.69) is 4.98 Å².